The van der Waals surface area contributed by atoms with Gasteiger partial charge in [-0.05, 0) is 6.92 Å². The molecule has 7 heteroatoms. The first kappa shape index (κ1) is 12.9. The molecule has 2 rings (SSSR count). The van der Waals surface area contributed by atoms with Gasteiger partial charge in [0.05, 0.1) is 35.3 Å². The molecule has 1 unspecified atom stereocenters. The Morgan fingerprint density at radius 1 is 1.39 bits per heavy atom. The van der Waals surface area contributed by atoms with E-state index in [4.69, 9.17) is 16.3 Å². The molecule has 0 saturated carbocycles. The summed E-state index contributed by atoms with van der Waals surface area (Å²) in [4.78, 5) is 0. The monoisotopic (exact) mass is 270 g/mol. The summed E-state index contributed by atoms with van der Waals surface area (Å²) in [5.41, 5.74) is 1.82. The van der Waals surface area contributed by atoms with Crippen molar-refractivity contribution in [2.75, 3.05) is 7.11 Å². The molecule has 2 aromatic rings. The second kappa shape index (κ2) is 4.62. The minimum absolute atomic E-state index is 0.412. The first-order chi connectivity index (χ1) is 8.47. The van der Waals surface area contributed by atoms with Gasteiger partial charge in [-0.1, -0.05) is 11.6 Å². The van der Waals surface area contributed by atoms with Crippen molar-refractivity contribution in [3.8, 4) is 5.88 Å². The number of aromatic nitrogens is 4. The van der Waals surface area contributed by atoms with Crippen molar-refractivity contribution < 1.29 is 9.84 Å². The summed E-state index contributed by atoms with van der Waals surface area (Å²) in [7, 11) is 5.02. The molecule has 1 N–H and O–H groups in total. The molecule has 0 fully saturated rings. The minimum atomic E-state index is -0.923. The van der Waals surface area contributed by atoms with Crippen molar-refractivity contribution in [2.24, 2.45) is 14.1 Å². The van der Waals surface area contributed by atoms with E-state index in [0.29, 0.717) is 27.9 Å². The largest absolute Gasteiger partial charge is 0.481 e. The Morgan fingerprint density at radius 2 is 2.06 bits per heavy atom. The van der Waals surface area contributed by atoms with Crippen molar-refractivity contribution in [1.29, 1.82) is 0 Å². The number of aliphatic hydroxyl groups excluding tert-OH is 1. The lowest BCUT2D eigenvalue weighted by Gasteiger charge is -2.13. The van der Waals surface area contributed by atoms with Gasteiger partial charge in [0.2, 0.25) is 5.88 Å². The van der Waals surface area contributed by atoms with Gasteiger partial charge in [-0.25, -0.2) is 4.68 Å². The average molecular weight is 271 g/mol. The smallest absolute Gasteiger partial charge is 0.217 e. The van der Waals surface area contributed by atoms with Gasteiger partial charge in [0.25, 0.3) is 0 Å². The van der Waals surface area contributed by atoms with E-state index >= 15 is 0 Å². The molecule has 0 aliphatic carbocycles. The number of aryl methyl sites for hydroxylation is 3. The van der Waals surface area contributed by atoms with Crippen LogP contribution in [0, 0.1) is 6.92 Å². The molecule has 0 bridgehead atoms. The highest BCUT2D eigenvalue weighted by Crippen LogP contribution is 2.34. The maximum absolute atomic E-state index is 10.5. The van der Waals surface area contributed by atoms with Gasteiger partial charge < -0.3 is 9.84 Å². The predicted octanol–water partition coefficient (Wildman–Crippen LogP) is 1.21. The summed E-state index contributed by atoms with van der Waals surface area (Å²) < 4.78 is 8.39. The Balaban J connectivity index is 2.56. The topological polar surface area (TPSA) is 65.1 Å². The Hall–Kier alpha value is -1.53. The van der Waals surface area contributed by atoms with Crippen LogP contribution >= 0.6 is 11.6 Å². The standard InChI is InChI=1S/C11H15ClN4O2/c1-6-8(11(18-4)16(3)14-6)10(17)9-7(12)5-13-15(9)2/h5,10,17H,1-4H3. The van der Waals surface area contributed by atoms with Gasteiger partial charge in [-0.15, -0.1) is 0 Å². The molecule has 18 heavy (non-hydrogen) atoms. The van der Waals surface area contributed by atoms with Gasteiger partial charge in [-0.2, -0.15) is 10.2 Å². The minimum Gasteiger partial charge on any atom is -0.481 e. The van der Waals surface area contributed by atoms with Crippen LogP contribution in [0.2, 0.25) is 5.02 Å². The van der Waals surface area contributed by atoms with Crippen LogP contribution in [0.1, 0.15) is 23.1 Å². The third-order valence-corrected chi connectivity index (χ3v) is 3.17. The molecule has 2 heterocycles. The molecule has 0 spiro atoms. The molecule has 0 aliphatic rings. The van der Waals surface area contributed by atoms with E-state index in [-0.39, 0.29) is 0 Å². The zero-order chi connectivity index (χ0) is 13.4. The normalized spacial score (nSPS) is 12.8. The molecule has 0 radical (unpaired) electrons. The van der Waals surface area contributed by atoms with Gasteiger partial charge in [0.1, 0.15) is 6.10 Å². The number of hydrogen-bond donors (Lipinski definition) is 1. The summed E-state index contributed by atoms with van der Waals surface area (Å²) in [6.07, 6.45) is 0.576. The molecule has 0 aliphatic heterocycles. The highest BCUT2D eigenvalue weighted by Gasteiger charge is 2.27. The van der Waals surface area contributed by atoms with E-state index in [2.05, 4.69) is 10.2 Å². The highest BCUT2D eigenvalue weighted by atomic mass is 35.5. The van der Waals surface area contributed by atoms with Crippen molar-refractivity contribution >= 4 is 11.6 Å². The Bertz CT molecular complexity index is 556. The summed E-state index contributed by atoms with van der Waals surface area (Å²) in [6.45, 7) is 1.81. The molecular weight excluding hydrogens is 256 g/mol. The third kappa shape index (κ3) is 1.87. The van der Waals surface area contributed by atoms with E-state index in [1.54, 1.807) is 23.5 Å². The molecule has 0 aromatic carbocycles. The number of ether oxygens (including phenoxy) is 1. The average Bonchev–Trinajstić information content (AvgIpc) is 2.78. The summed E-state index contributed by atoms with van der Waals surface area (Å²) in [6, 6.07) is 0. The zero-order valence-corrected chi connectivity index (χ0v) is 11.4. The van der Waals surface area contributed by atoms with E-state index in [9.17, 15) is 5.11 Å². The molecule has 1 atom stereocenters. The van der Waals surface area contributed by atoms with Crippen molar-refractivity contribution in [3.05, 3.63) is 28.2 Å². The van der Waals surface area contributed by atoms with Crippen LogP contribution in [0.5, 0.6) is 5.88 Å². The van der Waals surface area contributed by atoms with Gasteiger partial charge >= 0.3 is 0 Å². The summed E-state index contributed by atoms with van der Waals surface area (Å²) in [5, 5.41) is 19.1. The summed E-state index contributed by atoms with van der Waals surface area (Å²) in [5.74, 6) is 0.511. The fourth-order valence-electron chi connectivity index (χ4n) is 2.07. The van der Waals surface area contributed by atoms with Crippen LogP contribution in [0.25, 0.3) is 0 Å². The molecule has 98 valence electrons. The zero-order valence-electron chi connectivity index (χ0n) is 10.7. The Morgan fingerprint density at radius 3 is 2.56 bits per heavy atom. The van der Waals surface area contributed by atoms with Gasteiger partial charge in [0.15, 0.2) is 0 Å². The molecular formula is C11H15ClN4O2. The summed E-state index contributed by atoms with van der Waals surface area (Å²) >= 11 is 6.03. The first-order valence-corrected chi connectivity index (χ1v) is 5.78. The Kier molecular flexibility index (Phi) is 3.32. The first-order valence-electron chi connectivity index (χ1n) is 5.40. The van der Waals surface area contributed by atoms with Crippen molar-refractivity contribution in [1.82, 2.24) is 19.6 Å². The number of halogens is 1. The van der Waals surface area contributed by atoms with Crippen LogP contribution in [-0.2, 0) is 14.1 Å². The fraction of sp³-hybridized carbons (Fsp3) is 0.455. The lowest BCUT2D eigenvalue weighted by molar-refractivity contribution is 0.203. The number of aliphatic hydroxyl groups is 1. The van der Waals surface area contributed by atoms with Crippen molar-refractivity contribution in [2.45, 2.75) is 13.0 Å². The van der Waals surface area contributed by atoms with Crippen LogP contribution in [0.4, 0.5) is 0 Å². The van der Waals surface area contributed by atoms with Crippen molar-refractivity contribution in [3.63, 3.8) is 0 Å². The fourth-order valence-corrected chi connectivity index (χ4v) is 2.34. The number of rotatable bonds is 3. The van der Waals surface area contributed by atoms with E-state index < -0.39 is 6.10 Å². The highest BCUT2D eigenvalue weighted by molar-refractivity contribution is 6.31. The molecule has 6 nitrogen and oxygen atoms in total. The lowest BCUT2D eigenvalue weighted by Crippen LogP contribution is -2.09. The van der Waals surface area contributed by atoms with Gasteiger partial charge in [0, 0.05) is 14.1 Å². The maximum Gasteiger partial charge on any atom is 0.217 e. The SMILES string of the molecule is COc1c(C(O)c2c(Cl)cnn2C)c(C)nn1C. The maximum atomic E-state index is 10.5. The van der Waals surface area contributed by atoms with E-state index in [1.807, 2.05) is 6.92 Å². The second-order valence-electron chi connectivity index (χ2n) is 4.04. The van der Waals surface area contributed by atoms with Gasteiger partial charge in [-0.3, -0.25) is 4.68 Å². The number of methoxy groups -OCH3 is 1. The quantitative estimate of drug-likeness (QED) is 0.910. The van der Waals surface area contributed by atoms with Crippen LogP contribution in [-0.4, -0.2) is 31.8 Å². The second-order valence-corrected chi connectivity index (χ2v) is 4.44. The predicted molar refractivity (Wildman–Crippen MR) is 66.8 cm³/mol. The van der Waals surface area contributed by atoms with Crippen LogP contribution in [0.15, 0.2) is 6.20 Å². The molecule has 0 amide bonds. The van der Waals surface area contributed by atoms with E-state index in [1.165, 1.54) is 13.3 Å². The van der Waals surface area contributed by atoms with Crippen LogP contribution < -0.4 is 4.74 Å². The number of hydrogen-bond acceptors (Lipinski definition) is 4. The molecule has 2 aromatic heterocycles. The Labute approximate surface area is 110 Å². The van der Waals surface area contributed by atoms with Crippen LogP contribution in [0.3, 0.4) is 0 Å². The number of nitrogens with zero attached hydrogens (tertiary/aromatic N) is 4. The molecule has 0 saturated heterocycles. The lowest BCUT2D eigenvalue weighted by atomic mass is 10.1. The third-order valence-electron chi connectivity index (χ3n) is 2.88. The van der Waals surface area contributed by atoms with E-state index in [0.717, 1.165) is 0 Å².